The Hall–Kier alpha value is -0.620. The molecule has 3 atom stereocenters. The lowest BCUT2D eigenvalue weighted by molar-refractivity contribution is -0.118. The molecule has 0 aromatic heterocycles. The Kier molecular flexibility index (Phi) is 3.56. The predicted molar refractivity (Wildman–Crippen MR) is 80.4 cm³/mol. The van der Waals surface area contributed by atoms with Crippen LogP contribution in [0.3, 0.4) is 0 Å². The van der Waals surface area contributed by atoms with Crippen molar-refractivity contribution >= 4 is 34.2 Å². The zero-order valence-electron chi connectivity index (χ0n) is 10.2. The summed E-state index contributed by atoms with van der Waals surface area (Å²) < 4.78 is 1.09. The van der Waals surface area contributed by atoms with Crippen molar-refractivity contribution < 1.29 is 4.79 Å². The first kappa shape index (κ1) is 12.4. The maximum absolute atomic E-state index is 12.3. The van der Waals surface area contributed by atoms with Crippen molar-refractivity contribution in [1.29, 1.82) is 0 Å². The summed E-state index contributed by atoms with van der Waals surface area (Å²) in [5.41, 5.74) is 0.923. The van der Waals surface area contributed by atoms with E-state index in [0.29, 0.717) is 5.92 Å². The summed E-state index contributed by atoms with van der Waals surface area (Å²) in [5.74, 6) is 1.40. The van der Waals surface area contributed by atoms with Gasteiger partial charge in [0.25, 0.3) is 0 Å². The second kappa shape index (κ2) is 5.17. The Bertz CT molecular complexity index is 463. The van der Waals surface area contributed by atoms with Crippen LogP contribution in [0.15, 0.2) is 24.3 Å². The molecule has 2 N–H and O–H groups in total. The molecule has 0 spiro atoms. The Balaban J connectivity index is 1.70. The van der Waals surface area contributed by atoms with E-state index < -0.39 is 0 Å². The summed E-state index contributed by atoms with van der Waals surface area (Å²) in [6.45, 7) is 1.01. The van der Waals surface area contributed by atoms with Crippen molar-refractivity contribution in [3.63, 3.8) is 0 Å². The average molecular weight is 356 g/mol. The average Bonchev–Trinajstić information content (AvgIpc) is 2.93. The van der Waals surface area contributed by atoms with Crippen LogP contribution in [-0.4, -0.2) is 18.5 Å². The Morgan fingerprint density at radius 3 is 3.00 bits per heavy atom. The summed E-state index contributed by atoms with van der Waals surface area (Å²) in [5, 5.41) is 6.44. The first-order valence-electron chi connectivity index (χ1n) is 6.54. The third-order valence-corrected chi connectivity index (χ3v) is 5.10. The van der Waals surface area contributed by atoms with Crippen LogP contribution in [0.1, 0.15) is 19.3 Å². The first-order valence-corrected chi connectivity index (χ1v) is 7.62. The zero-order chi connectivity index (χ0) is 12.5. The van der Waals surface area contributed by atoms with Crippen molar-refractivity contribution in [3.8, 4) is 0 Å². The third kappa shape index (κ3) is 2.28. The largest absolute Gasteiger partial charge is 0.324 e. The van der Waals surface area contributed by atoms with Gasteiger partial charge in [0.1, 0.15) is 0 Å². The topological polar surface area (TPSA) is 41.1 Å². The van der Waals surface area contributed by atoms with Gasteiger partial charge in [-0.2, -0.15) is 0 Å². The minimum Gasteiger partial charge on any atom is -0.324 e. The van der Waals surface area contributed by atoms with Gasteiger partial charge in [0.15, 0.2) is 0 Å². The van der Waals surface area contributed by atoms with E-state index in [9.17, 15) is 4.79 Å². The summed E-state index contributed by atoms with van der Waals surface area (Å²) in [4.78, 5) is 12.3. The number of hydrogen-bond acceptors (Lipinski definition) is 2. The molecule has 3 rings (SSSR count). The molecule has 1 aliphatic heterocycles. The highest BCUT2D eigenvalue weighted by atomic mass is 127. The lowest BCUT2D eigenvalue weighted by atomic mass is 9.93. The number of amides is 1. The van der Waals surface area contributed by atoms with Gasteiger partial charge in [-0.05, 0) is 65.9 Å². The van der Waals surface area contributed by atoms with Crippen molar-refractivity contribution in [3.05, 3.63) is 27.8 Å². The first-order chi connectivity index (χ1) is 8.75. The van der Waals surface area contributed by atoms with Crippen molar-refractivity contribution in [2.75, 3.05) is 11.9 Å². The van der Waals surface area contributed by atoms with Crippen molar-refractivity contribution in [2.45, 2.75) is 25.3 Å². The van der Waals surface area contributed by atoms with Gasteiger partial charge in [-0.1, -0.05) is 18.6 Å². The number of benzene rings is 1. The molecular weight excluding hydrogens is 339 g/mol. The number of carbonyl (C=O) groups is 1. The molecule has 0 bridgehead atoms. The monoisotopic (exact) mass is 356 g/mol. The second-order valence-corrected chi connectivity index (χ2v) is 6.37. The fourth-order valence-corrected chi connectivity index (χ4v) is 3.77. The van der Waals surface area contributed by atoms with Gasteiger partial charge >= 0.3 is 0 Å². The van der Waals surface area contributed by atoms with Gasteiger partial charge in [0, 0.05) is 3.57 Å². The predicted octanol–water partition coefficient (Wildman–Crippen LogP) is 2.62. The molecule has 1 aromatic rings. The highest BCUT2D eigenvalue weighted by Gasteiger charge is 2.42. The van der Waals surface area contributed by atoms with Gasteiger partial charge in [0.2, 0.25) is 5.91 Å². The number of carbonyl (C=O) groups excluding carboxylic acids is 1. The Morgan fingerprint density at radius 2 is 2.17 bits per heavy atom. The summed E-state index contributed by atoms with van der Waals surface area (Å²) in [7, 11) is 0. The molecule has 0 radical (unpaired) electrons. The van der Waals surface area contributed by atoms with E-state index in [4.69, 9.17) is 0 Å². The van der Waals surface area contributed by atoms with E-state index in [2.05, 4.69) is 33.2 Å². The Morgan fingerprint density at radius 1 is 1.33 bits per heavy atom. The standard InChI is InChI=1S/C14H17IN2O/c15-11-6-1-2-7-12(11)17-14(18)13-10-5-3-4-9(10)8-16-13/h1-2,6-7,9-10,13,16H,3-5,8H2,(H,17,18). The van der Waals surface area contributed by atoms with Crippen molar-refractivity contribution in [2.24, 2.45) is 11.8 Å². The normalized spacial score (nSPS) is 30.2. The number of nitrogens with one attached hydrogen (secondary N) is 2. The van der Waals surface area contributed by atoms with Crippen LogP contribution in [0.5, 0.6) is 0 Å². The SMILES string of the molecule is O=C(Nc1ccccc1I)C1NCC2CCCC21. The van der Waals surface area contributed by atoms with Gasteiger partial charge in [-0.15, -0.1) is 0 Å². The van der Waals surface area contributed by atoms with E-state index in [1.807, 2.05) is 24.3 Å². The molecule has 1 heterocycles. The third-order valence-electron chi connectivity index (χ3n) is 4.16. The second-order valence-electron chi connectivity index (χ2n) is 5.21. The van der Waals surface area contributed by atoms with Gasteiger partial charge < -0.3 is 10.6 Å². The molecule has 96 valence electrons. The highest BCUT2D eigenvalue weighted by Crippen LogP contribution is 2.38. The van der Waals surface area contributed by atoms with Crippen LogP contribution in [0, 0.1) is 15.4 Å². The summed E-state index contributed by atoms with van der Waals surface area (Å²) >= 11 is 2.25. The molecule has 3 unspecified atom stereocenters. The van der Waals surface area contributed by atoms with Crippen LogP contribution < -0.4 is 10.6 Å². The van der Waals surface area contributed by atoms with E-state index in [1.165, 1.54) is 19.3 Å². The van der Waals surface area contributed by atoms with Crippen LogP contribution in [-0.2, 0) is 4.79 Å². The fraction of sp³-hybridized carbons (Fsp3) is 0.500. The minimum atomic E-state index is 0.00788. The molecule has 1 aromatic carbocycles. The van der Waals surface area contributed by atoms with Gasteiger partial charge in [0.05, 0.1) is 11.7 Å². The zero-order valence-corrected chi connectivity index (χ0v) is 12.3. The van der Waals surface area contributed by atoms with E-state index in [0.717, 1.165) is 21.7 Å². The van der Waals surface area contributed by atoms with E-state index in [-0.39, 0.29) is 11.9 Å². The molecule has 1 saturated carbocycles. The molecular formula is C14H17IN2O. The molecule has 4 heteroatoms. The molecule has 3 nitrogen and oxygen atoms in total. The number of para-hydroxylation sites is 1. The summed E-state index contributed by atoms with van der Waals surface area (Å²) in [6.07, 6.45) is 3.76. The molecule has 1 aliphatic carbocycles. The maximum atomic E-state index is 12.3. The highest BCUT2D eigenvalue weighted by molar-refractivity contribution is 14.1. The lowest BCUT2D eigenvalue weighted by Gasteiger charge is -2.18. The molecule has 18 heavy (non-hydrogen) atoms. The molecule has 2 fully saturated rings. The van der Waals surface area contributed by atoms with Crippen LogP contribution in [0.4, 0.5) is 5.69 Å². The number of halogens is 1. The van der Waals surface area contributed by atoms with E-state index in [1.54, 1.807) is 0 Å². The Labute approximate surface area is 121 Å². The van der Waals surface area contributed by atoms with E-state index >= 15 is 0 Å². The molecule has 1 amide bonds. The summed E-state index contributed by atoms with van der Waals surface area (Å²) in [6, 6.07) is 7.92. The number of fused-ring (bicyclic) bond motifs is 1. The number of rotatable bonds is 2. The van der Waals surface area contributed by atoms with Crippen LogP contribution in [0.25, 0.3) is 0 Å². The smallest absolute Gasteiger partial charge is 0.241 e. The van der Waals surface area contributed by atoms with Crippen molar-refractivity contribution in [1.82, 2.24) is 5.32 Å². The van der Waals surface area contributed by atoms with Crippen LogP contribution >= 0.6 is 22.6 Å². The number of anilines is 1. The lowest BCUT2D eigenvalue weighted by Crippen LogP contribution is -2.39. The molecule has 2 aliphatic rings. The van der Waals surface area contributed by atoms with Gasteiger partial charge in [-0.3, -0.25) is 4.79 Å². The quantitative estimate of drug-likeness (QED) is 0.800. The minimum absolute atomic E-state index is 0.00788. The van der Waals surface area contributed by atoms with Gasteiger partial charge in [-0.25, -0.2) is 0 Å². The molecule has 1 saturated heterocycles. The fourth-order valence-electron chi connectivity index (χ4n) is 3.25. The van der Waals surface area contributed by atoms with Crippen LogP contribution in [0.2, 0.25) is 0 Å². The number of hydrogen-bond donors (Lipinski definition) is 2. The maximum Gasteiger partial charge on any atom is 0.241 e.